The molecular weight excluding hydrogens is 292 g/mol. The van der Waals surface area contributed by atoms with Crippen LogP contribution in [0, 0.1) is 17.8 Å². The van der Waals surface area contributed by atoms with Gasteiger partial charge < -0.3 is 4.74 Å². The summed E-state index contributed by atoms with van der Waals surface area (Å²) in [4.78, 5) is 25.0. The van der Waals surface area contributed by atoms with Gasteiger partial charge in [0.15, 0.2) is 5.69 Å². The van der Waals surface area contributed by atoms with Crippen molar-refractivity contribution in [2.45, 2.75) is 33.7 Å². The Kier molecular flexibility index (Phi) is 4.20. The summed E-state index contributed by atoms with van der Waals surface area (Å²) in [7, 11) is 0. The quantitative estimate of drug-likeness (QED) is 0.796. The second-order valence-corrected chi connectivity index (χ2v) is 6.85. The van der Waals surface area contributed by atoms with Crippen molar-refractivity contribution in [3.63, 3.8) is 0 Å². The van der Waals surface area contributed by atoms with Gasteiger partial charge in [0, 0.05) is 11.9 Å². The molecule has 1 aliphatic rings. The van der Waals surface area contributed by atoms with Gasteiger partial charge in [-0.1, -0.05) is 39.0 Å². The average Bonchev–Trinajstić information content (AvgIpc) is 3.23. The maximum atomic E-state index is 12.5. The minimum atomic E-state index is -0.446. The van der Waals surface area contributed by atoms with E-state index in [4.69, 9.17) is 4.74 Å². The van der Waals surface area contributed by atoms with Crippen LogP contribution in [0.2, 0.25) is 0 Å². The summed E-state index contributed by atoms with van der Waals surface area (Å²) >= 11 is 0. The molecular formula is C18H22N2O3. The number of aromatic nitrogens is 2. The maximum Gasteiger partial charge on any atom is 0.359 e. The molecule has 1 aromatic carbocycles. The lowest BCUT2D eigenvalue weighted by Crippen LogP contribution is -2.28. The molecule has 5 nitrogen and oxygen atoms in total. The molecule has 1 aromatic heterocycles. The van der Waals surface area contributed by atoms with Gasteiger partial charge in [-0.2, -0.15) is 5.10 Å². The number of hydrogen-bond donors (Lipinski definition) is 0. The van der Waals surface area contributed by atoms with Crippen molar-refractivity contribution < 1.29 is 9.53 Å². The summed E-state index contributed by atoms with van der Waals surface area (Å²) in [6, 6.07) is 7.08. The largest absolute Gasteiger partial charge is 0.461 e. The molecule has 0 unspecified atom stereocenters. The molecule has 23 heavy (non-hydrogen) atoms. The fraction of sp³-hybridized carbons (Fsp3) is 0.500. The van der Waals surface area contributed by atoms with E-state index in [9.17, 15) is 9.59 Å². The number of benzene rings is 1. The topological polar surface area (TPSA) is 61.2 Å². The fourth-order valence-corrected chi connectivity index (χ4v) is 2.74. The van der Waals surface area contributed by atoms with Crippen LogP contribution in [-0.4, -0.2) is 22.4 Å². The summed E-state index contributed by atoms with van der Waals surface area (Å²) in [5.74, 6) is 0.907. The second-order valence-electron chi connectivity index (χ2n) is 6.85. The van der Waals surface area contributed by atoms with Gasteiger partial charge in [0.1, 0.15) is 0 Å². The highest BCUT2D eigenvalue weighted by molar-refractivity contribution is 6.02. The zero-order valence-corrected chi connectivity index (χ0v) is 13.8. The Balaban J connectivity index is 1.98. The third-order valence-electron chi connectivity index (χ3n) is 4.30. The Labute approximate surface area is 135 Å². The van der Waals surface area contributed by atoms with Gasteiger partial charge in [-0.3, -0.25) is 4.79 Å². The smallest absolute Gasteiger partial charge is 0.359 e. The highest BCUT2D eigenvalue weighted by atomic mass is 16.5. The molecule has 0 bridgehead atoms. The highest BCUT2D eigenvalue weighted by Gasteiger charge is 2.34. The molecule has 0 radical (unpaired) electrons. The molecule has 0 spiro atoms. The molecule has 0 amide bonds. The van der Waals surface area contributed by atoms with E-state index >= 15 is 0 Å². The lowest BCUT2D eigenvalue weighted by atomic mass is 10.1. The monoisotopic (exact) mass is 314 g/mol. The molecule has 0 N–H and O–H groups in total. The van der Waals surface area contributed by atoms with Gasteiger partial charge in [0.25, 0.3) is 5.56 Å². The van der Waals surface area contributed by atoms with E-state index in [1.807, 2.05) is 13.8 Å². The summed E-state index contributed by atoms with van der Waals surface area (Å²) in [5, 5.41) is 5.36. The van der Waals surface area contributed by atoms with Crippen LogP contribution in [0.5, 0.6) is 0 Å². The van der Waals surface area contributed by atoms with Crippen molar-refractivity contribution in [2.24, 2.45) is 17.8 Å². The first-order chi connectivity index (χ1) is 11.0. The van der Waals surface area contributed by atoms with Gasteiger partial charge in [0.2, 0.25) is 0 Å². The lowest BCUT2D eigenvalue weighted by molar-refractivity contribution is 0.0473. The van der Waals surface area contributed by atoms with E-state index in [2.05, 4.69) is 12.0 Å². The molecule has 1 heterocycles. The first-order valence-corrected chi connectivity index (χ1v) is 8.14. The summed E-state index contributed by atoms with van der Waals surface area (Å²) in [6.07, 6.45) is 1.11. The predicted octanol–water partition coefficient (Wildman–Crippen LogP) is 2.87. The summed E-state index contributed by atoms with van der Waals surface area (Å²) < 4.78 is 6.79. The van der Waals surface area contributed by atoms with Crippen molar-refractivity contribution in [2.75, 3.05) is 6.61 Å². The summed E-state index contributed by atoms with van der Waals surface area (Å²) in [6.45, 7) is 7.07. The Morgan fingerprint density at radius 2 is 2.00 bits per heavy atom. The van der Waals surface area contributed by atoms with Crippen LogP contribution >= 0.6 is 0 Å². The van der Waals surface area contributed by atoms with Gasteiger partial charge in [-0.15, -0.1) is 0 Å². The normalized spacial score (nSPS) is 20.0. The summed E-state index contributed by atoms with van der Waals surface area (Å²) in [5.41, 5.74) is 0.0656. The molecule has 1 aliphatic carbocycles. The van der Waals surface area contributed by atoms with Crippen LogP contribution < -0.4 is 5.56 Å². The number of ether oxygens (including phenoxy) is 1. The zero-order chi connectivity index (χ0) is 16.6. The third-order valence-corrected chi connectivity index (χ3v) is 4.30. The highest BCUT2D eigenvalue weighted by Crippen LogP contribution is 2.37. The molecule has 122 valence electrons. The van der Waals surface area contributed by atoms with Crippen molar-refractivity contribution in [1.82, 2.24) is 9.78 Å². The van der Waals surface area contributed by atoms with Gasteiger partial charge in [0.05, 0.1) is 12.0 Å². The number of rotatable bonds is 5. The van der Waals surface area contributed by atoms with Gasteiger partial charge >= 0.3 is 5.97 Å². The Morgan fingerprint density at radius 3 is 2.61 bits per heavy atom. The van der Waals surface area contributed by atoms with E-state index in [-0.39, 0.29) is 17.2 Å². The molecule has 2 atom stereocenters. The van der Waals surface area contributed by atoms with Crippen molar-refractivity contribution in [1.29, 1.82) is 0 Å². The molecule has 1 fully saturated rings. The average molecular weight is 314 g/mol. The first kappa shape index (κ1) is 15.7. The van der Waals surface area contributed by atoms with Crippen molar-refractivity contribution in [3.8, 4) is 0 Å². The van der Waals surface area contributed by atoms with Crippen LogP contribution in [0.4, 0.5) is 0 Å². The van der Waals surface area contributed by atoms with E-state index < -0.39 is 5.97 Å². The van der Waals surface area contributed by atoms with Crippen LogP contribution in [-0.2, 0) is 11.3 Å². The number of nitrogens with zero attached hydrogens (tertiary/aromatic N) is 2. The Hall–Kier alpha value is -2.17. The van der Waals surface area contributed by atoms with Crippen LogP contribution in [0.1, 0.15) is 37.7 Å². The van der Waals surface area contributed by atoms with Crippen LogP contribution in [0.25, 0.3) is 10.8 Å². The van der Waals surface area contributed by atoms with Gasteiger partial charge in [-0.05, 0) is 30.2 Å². The minimum Gasteiger partial charge on any atom is -0.461 e. The number of esters is 1. The number of fused-ring (bicyclic) bond motifs is 1. The molecule has 0 saturated heterocycles. The molecule has 2 aromatic rings. The van der Waals surface area contributed by atoms with Crippen molar-refractivity contribution in [3.05, 3.63) is 40.3 Å². The SMILES string of the molecule is CC(C)Cn1nc(C(=O)OC[C@H]2C[C@H]2C)c2ccccc2c1=O. The number of carbonyl (C=O) groups is 1. The molecule has 3 rings (SSSR count). The standard InChI is InChI=1S/C18H22N2O3/c1-11(2)9-20-17(21)15-7-5-4-6-14(15)16(19-20)18(22)23-10-13-8-12(13)3/h4-7,11-13H,8-10H2,1-3H3/t12-,13-/m1/s1. The first-order valence-electron chi connectivity index (χ1n) is 8.14. The van der Waals surface area contributed by atoms with Crippen LogP contribution in [0.15, 0.2) is 29.1 Å². The van der Waals surface area contributed by atoms with Crippen molar-refractivity contribution >= 4 is 16.7 Å². The lowest BCUT2D eigenvalue weighted by Gasteiger charge is -2.12. The van der Waals surface area contributed by atoms with E-state index in [0.717, 1.165) is 6.42 Å². The minimum absolute atomic E-state index is 0.165. The Morgan fingerprint density at radius 1 is 1.35 bits per heavy atom. The molecule has 5 heteroatoms. The Bertz CT molecular complexity index is 794. The second kappa shape index (κ2) is 6.14. The zero-order valence-electron chi connectivity index (χ0n) is 13.8. The van der Waals surface area contributed by atoms with E-state index in [0.29, 0.717) is 35.8 Å². The predicted molar refractivity (Wildman–Crippen MR) is 88.4 cm³/mol. The molecule has 1 saturated carbocycles. The fourth-order valence-electron chi connectivity index (χ4n) is 2.74. The molecule has 0 aliphatic heterocycles. The van der Waals surface area contributed by atoms with E-state index in [1.54, 1.807) is 24.3 Å². The van der Waals surface area contributed by atoms with Crippen LogP contribution in [0.3, 0.4) is 0 Å². The number of hydrogen-bond acceptors (Lipinski definition) is 4. The maximum absolute atomic E-state index is 12.5. The van der Waals surface area contributed by atoms with E-state index in [1.165, 1.54) is 4.68 Å². The van der Waals surface area contributed by atoms with Gasteiger partial charge in [-0.25, -0.2) is 9.48 Å². The number of carbonyl (C=O) groups excluding carboxylic acids is 1. The third kappa shape index (κ3) is 3.28.